The number of hydrogen-bond donors (Lipinski definition) is 1. The average Bonchev–Trinajstić information content (AvgIpc) is 3.27. The first kappa shape index (κ1) is 15.8. The summed E-state index contributed by atoms with van der Waals surface area (Å²) in [5, 5.41) is 3.41. The van der Waals surface area contributed by atoms with Crippen molar-refractivity contribution < 1.29 is 9.53 Å². The molecule has 1 N–H and O–H groups in total. The van der Waals surface area contributed by atoms with E-state index in [1.54, 1.807) is 0 Å². The van der Waals surface area contributed by atoms with Crippen LogP contribution in [0.2, 0.25) is 0 Å². The monoisotopic (exact) mass is 290 g/mol. The third-order valence-electron chi connectivity index (χ3n) is 3.74. The Morgan fingerprint density at radius 1 is 1.43 bits per heavy atom. The highest BCUT2D eigenvalue weighted by Gasteiger charge is 2.30. The Labute approximate surface area is 127 Å². The zero-order chi connectivity index (χ0) is 15.2. The minimum absolute atomic E-state index is 0.143. The summed E-state index contributed by atoms with van der Waals surface area (Å²) in [6, 6.07) is 8.62. The number of benzene rings is 1. The van der Waals surface area contributed by atoms with Crippen molar-refractivity contribution in [2.75, 3.05) is 24.6 Å². The van der Waals surface area contributed by atoms with Crippen molar-refractivity contribution in [1.82, 2.24) is 5.32 Å². The molecule has 1 atom stereocenters. The largest absolute Gasteiger partial charge is 0.465 e. The quantitative estimate of drug-likeness (QED) is 0.747. The van der Waals surface area contributed by atoms with Crippen LogP contribution in [-0.2, 0) is 9.53 Å². The summed E-state index contributed by atoms with van der Waals surface area (Å²) in [4.78, 5) is 14.4. The molecule has 1 aliphatic carbocycles. The van der Waals surface area contributed by atoms with Gasteiger partial charge in [-0.05, 0) is 51.3 Å². The van der Waals surface area contributed by atoms with Crippen LogP contribution >= 0.6 is 0 Å². The lowest BCUT2D eigenvalue weighted by Crippen LogP contribution is -2.48. The van der Waals surface area contributed by atoms with E-state index in [0.717, 1.165) is 25.1 Å². The lowest BCUT2D eigenvalue weighted by Gasteiger charge is -2.28. The van der Waals surface area contributed by atoms with Crippen LogP contribution in [0.3, 0.4) is 0 Å². The van der Waals surface area contributed by atoms with Gasteiger partial charge in [-0.1, -0.05) is 12.1 Å². The molecule has 0 aliphatic heterocycles. The number of nitrogens with one attached hydrogen (secondary N) is 1. The van der Waals surface area contributed by atoms with Gasteiger partial charge in [-0.25, -0.2) is 0 Å². The topological polar surface area (TPSA) is 41.6 Å². The Balaban J connectivity index is 2.06. The zero-order valence-corrected chi connectivity index (χ0v) is 13.3. The minimum Gasteiger partial charge on any atom is -0.465 e. The number of hydrogen-bond acceptors (Lipinski definition) is 4. The van der Waals surface area contributed by atoms with Crippen LogP contribution in [-0.4, -0.2) is 37.7 Å². The van der Waals surface area contributed by atoms with Crippen molar-refractivity contribution in [1.29, 1.82) is 0 Å². The zero-order valence-electron chi connectivity index (χ0n) is 13.3. The average molecular weight is 290 g/mol. The maximum atomic E-state index is 12.1. The van der Waals surface area contributed by atoms with Crippen LogP contribution in [0.5, 0.6) is 0 Å². The number of rotatable bonds is 8. The van der Waals surface area contributed by atoms with Gasteiger partial charge in [0.2, 0.25) is 0 Å². The van der Waals surface area contributed by atoms with Crippen molar-refractivity contribution in [2.45, 2.75) is 45.7 Å². The summed E-state index contributed by atoms with van der Waals surface area (Å²) in [7, 11) is 0. The van der Waals surface area contributed by atoms with Gasteiger partial charge in [0.1, 0.15) is 6.04 Å². The Morgan fingerprint density at radius 2 is 2.19 bits per heavy atom. The molecule has 2 rings (SSSR count). The van der Waals surface area contributed by atoms with Crippen molar-refractivity contribution in [3.63, 3.8) is 0 Å². The predicted octanol–water partition coefficient (Wildman–Crippen LogP) is 2.51. The normalized spacial score (nSPS) is 15.6. The Kier molecular flexibility index (Phi) is 5.62. The molecular formula is C17H26N2O2. The standard InChI is InChI=1S/C17H26N2O2/c1-4-19(15-8-6-7-13(3)11-15)12-16(17(20)21-5-2)18-14-9-10-14/h6-8,11,14,16,18H,4-5,9-10,12H2,1-3H3. The van der Waals surface area contributed by atoms with E-state index in [1.807, 2.05) is 6.92 Å². The van der Waals surface area contributed by atoms with E-state index in [-0.39, 0.29) is 12.0 Å². The molecule has 1 aromatic rings. The fourth-order valence-corrected chi connectivity index (χ4v) is 2.43. The van der Waals surface area contributed by atoms with Crippen LogP contribution in [0, 0.1) is 6.92 Å². The van der Waals surface area contributed by atoms with Crippen LogP contribution in [0.25, 0.3) is 0 Å². The van der Waals surface area contributed by atoms with E-state index in [1.165, 1.54) is 5.56 Å². The summed E-state index contributed by atoms with van der Waals surface area (Å²) >= 11 is 0. The summed E-state index contributed by atoms with van der Waals surface area (Å²) < 4.78 is 5.21. The van der Waals surface area contributed by atoms with Crippen LogP contribution in [0.4, 0.5) is 5.69 Å². The fraction of sp³-hybridized carbons (Fsp3) is 0.588. The third kappa shape index (κ3) is 4.74. The van der Waals surface area contributed by atoms with E-state index in [4.69, 9.17) is 4.74 Å². The van der Waals surface area contributed by atoms with Crippen molar-refractivity contribution in [2.24, 2.45) is 0 Å². The Bertz CT molecular complexity index is 472. The van der Waals surface area contributed by atoms with Crippen LogP contribution in [0.15, 0.2) is 24.3 Å². The maximum Gasteiger partial charge on any atom is 0.324 e. The lowest BCUT2D eigenvalue weighted by molar-refractivity contribution is -0.145. The van der Waals surface area contributed by atoms with Gasteiger partial charge < -0.3 is 15.0 Å². The molecule has 21 heavy (non-hydrogen) atoms. The van der Waals surface area contributed by atoms with E-state index in [9.17, 15) is 4.79 Å². The Morgan fingerprint density at radius 3 is 2.76 bits per heavy atom. The first-order chi connectivity index (χ1) is 10.1. The molecule has 1 aromatic carbocycles. The second kappa shape index (κ2) is 7.46. The molecular weight excluding hydrogens is 264 g/mol. The number of nitrogens with zero attached hydrogens (tertiary/aromatic N) is 1. The van der Waals surface area contributed by atoms with Gasteiger partial charge in [-0.15, -0.1) is 0 Å². The highest BCUT2D eigenvalue weighted by molar-refractivity contribution is 5.77. The molecule has 0 bridgehead atoms. The molecule has 1 aliphatic rings. The number of likely N-dealkylation sites (N-methyl/N-ethyl adjacent to an activating group) is 1. The summed E-state index contributed by atoms with van der Waals surface area (Å²) in [5.74, 6) is -0.143. The number of anilines is 1. The molecule has 116 valence electrons. The van der Waals surface area contributed by atoms with Crippen molar-refractivity contribution in [3.8, 4) is 0 Å². The van der Waals surface area contributed by atoms with E-state index in [2.05, 4.69) is 48.3 Å². The molecule has 4 nitrogen and oxygen atoms in total. The van der Waals surface area contributed by atoms with E-state index < -0.39 is 0 Å². The molecule has 4 heteroatoms. The molecule has 1 saturated carbocycles. The van der Waals surface area contributed by atoms with Gasteiger partial charge in [0.05, 0.1) is 6.61 Å². The van der Waals surface area contributed by atoms with Gasteiger partial charge in [-0.3, -0.25) is 4.79 Å². The van der Waals surface area contributed by atoms with Gasteiger partial charge in [0.15, 0.2) is 0 Å². The van der Waals surface area contributed by atoms with Crippen LogP contribution < -0.4 is 10.2 Å². The minimum atomic E-state index is -0.252. The van der Waals surface area contributed by atoms with Crippen LogP contribution in [0.1, 0.15) is 32.3 Å². The highest BCUT2D eigenvalue weighted by Crippen LogP contribution is 2.21. The molecule has 0 spiro atoms. The first-order valence-corrected chi connectivity index (χ1v) is 7.88. The molecule has 0 aromatic heterocycles. The molecule has 1 unspecified atom stereocenters. The first-order valence-electron chi connectivity index (χ1n) is 7.88. The summed E-state index contributed by atoms with van der Waals surface area (Å²) in [6.45, 7) is 7.99. The number of aryl methyl sites for hydroxylation is 1. The van der Waals surface area contributed by atoms with Gasteiger partial charge in [0.25, 0.3) is 0 Å². The number of carbonyl (C=O) groups is 1. The number of esters is 1. The van der Waals surface area contributed by atoms with Crippen molar-refractivity contribution >= 4 is 11.7 Å². The van der Waals surface area contributed by atoms with Gasteiger partial charge >= 0.3 is 5.97 Å². The molecule has 0 radical (unpaired) electrons. The molecule has 0 saturated heterocycles. The second-order valence-corrected chi connectivity index (χ2v) is 5.62. The third-order valence-corrected chi connectivity index (χ3v) is 3.74. The van der Waals surface area contributed by atoms with Crippen molar-refractivity contribution in [3.05, 3.63) is 29.8 Å². The molecule has 0 heterocycles. The Hall–Kier alpha value is -1.55. The highest BCUT2D eigenvalue weighted by atomic mass is 16.5. The number of carbonyl (C=O) groups excluding carboxylic acids is 1. The summed E-state index contributed by atoms with van der Waals surface area (Å²) in [5.41, 5.74) is 2.39. The molecule has 0 amide bonds. The fourth-order valence-electron chi connectivity index (χ4n) is 2.43. The van der Waals surface area contributed by atoms with E-state index in [0.29, 0.717) is 19.2 Å². The summed E-state index contributed by atoms with van der Waals surface area (Å²) in [6.07, 6.45) is 2.32. The molecule has 1 fully saturated rings. The lowest BCUT2D eigenvalue weighted by atomic mass is 10.2. The van der Waals surface area contributed by atoms with Gasteiger partial charge in [0, 0.05) is 24.8 Å². The maximum absolute atomic E-state index is 12.1. The van der Waals surface area contributed by atoms with Gasteiger partial charge in [-0.2, -0.15) is 0 Å². The smallest absolute Gasteiger partial charge is 0.324 e. The predicted molar refractivity (Wildman–Crippen MR) is 85.6 cm³/mol. The van der Waals surface area contributed by atoms with E-state index >= 15 is 0 Å². The number of ether oxygens (including phenoxy) is 1. The SMILES string of the molecule is CCOC(=O)C(CN(CC)c1cccc(C)c1)NC1CC1. The second-order valence-electron chi connectivity index (χ2n) is 5.62.